The fourth-order valence-corrected chi connectivity index (χ4v) is 2.92. The van der Waals surface area contributed by atoms with Crippen LogP contribution in [0.4, 0.5) is 10.5 Å². The van der Waals surface area contributed by atoms with Gasteiger partial charge >= 0.3 is 6.03 Å². The predicted octanol–water partition coefficient (Wildman–Crippen LogP) is 3.35. The van der Waals surface area contributed by atoms with E-state index in [0.717, 1.165) is 29.3 Å². The third-order valence-corrected chi connectivity index (χ3v) is 4.24. The van der Waals surface area contributed by atoms with E-state index in [-0.39, 0.29) is 12.1 Å². The summed E-state index contributed by atoms with van der Waals surface area (Å²) >= 11 is 1.73. The van der Waals surface area contributed by atoms with Gasteiger partial charge in [-0.15, -0.1) is 10.2 Å². The fraction of sp³-hybridized carbons (Fsp3) is 0.235. The van der Waals surface area contributed by atoms with Gasteiger partial charge in [0.05, 0.1) is 6.04 Å². The second kappa shape index (κ2) is 7.83. The van der Waals surface area contributed by atoms with E-state index >= 15 is 0 Å². The molecule has 7 heteroatoms. The molecule has 0 saturated carbocycles. The van der Waals surface area contributed by atoms with E-state index in [4.69, 9.17) is 0 Å². The zero-order chi connectivity index (χ0) is 16.8. The van der Waals surface area contributed by atoms with Crippen LogP contribution in [0.5, 0.6) is 0 Å². The topological polar surface area (TPSA) is 71.3 Å². The molecule has 0 spiro atoms. The van der Waals surface area contributed by atoms with Crippen LogP contribution in [0.25, 0.3) is 5.65 Å². The van der Waals surface area contributed by atoms with Gasteiger partial charge in [-0.1, -0.05) is 24.3 Å². The summed E-state index contributed by atoms with van der Waals surface area (Å²) < 4.78 is 1.91. The SMILES string of the molecule is CSCCC(NC(=O)Nc1ccccc1)c1nnc2ccccn12. The molecule has 1 atom stereocenters. The average molecular weight is 341 g/mol. The summed E-state index contributed by atoms with van der Waals surface area (Å²) in [4.78, 5) is 12.3. The first-order valence-electron chi connectivity index (χ1n) is 7.69. The van der Waals surface area contributed by atoms with Crippen LogP contribution in [-0.4, -0.2) is 32.6 Å². The van der Waals surface area contributed by atoms with Gasteiger partial charge in [0.1, 0.15) is 0 Å². The third kappa shape index (κ3) is 3.86. The Bertz CT molecular complexity index is 805. The van der Waals surface area contributed by atoms with Crippen molar-refractivity contribution in [1.29, 1.82) is 0 Å². The van der Waals surface area contributed by atoms with Crippen LogP contribution in [0.15, 0.2) is 54.7 Å². The van der Waals surface area contributed by atoms with Crippen LogP contribution in [0.2, 0.25) is 0 Å². The Labute approximate surface area is 144 Å². The maximum atomic E-state index is 12.3. The monoisotopic (exact) mass is 341 g/mol. The largest absolute Gasteiger partial charge is 0.328 e. The molecular formula is C17H19N5OS. The molecule has 24 heavy (non-hydrogen) atoms. The van der Waals surface area contributed by atoms with E-state index in [0.29, 0.717) is 0 Å². The minimum absolute atomic E-state index is 0.210. The van der Waals surface area contributed by atoms with Crippen molar-refractivity contribution in [3.63, 3.8) is 0 Å². The third-order valence-electron chi connectivity index (χ3n) is 3.60. The lowest BCUT2D eigenvalue weighted by atomic mass is 10.2. The van der Waals surface area contributed by atoms with E-state index in [9.17, 15) is 4.79 Å². The molecular weight excluding hydrogens is 322 g/mol. The van der Waals surface area contributed by atoms with E-state index in [1.54, 1.807) is 11.8 Å². The highest BCUT2D eigenvalue weighted by Gasteiger charge is 2.20. The minimum Gasteiger partial charge on any atom is -0.328 e. The maximum absolute atomic E-state index is 12.3. The van der Waals surface area contributed by atoms with E-state index in [2.05, 4.69) is 20.8 Å². The van der Waals surface area contributed by atoms with Crippen LogP contribution in [0, 0.1) is 0 Å². The number of carbonyl (C=O) groups excluding carboxylic acids is 1. The first-order valence-corrected chi connectivity index (χ1v) is 9.08. The number of benzene rings is 1. The summed E-state index contributed by atoms with van der Waals surface area (Å²) in [6.07, 6.45) is 4.73. The number of hydrogen-bond donors (Lipinski definition) is 2. The molecule has 0 aliphatic heterocycles. The summed E-state index contributed by atoms with van der Waals surface area (Å²) in [5, 5.41) is 14.3. The molecule has 6 nitrogen and oxygen atoms in total. The van der Waals surface area contributed by atoms with Crippen molar-refractivity contribution >= 4 is 29.1 Å². The number of thioether (sulfide) groups is 1. The maximum Gasteiger partial charge on any atom is 0.319 e. The second-order valence-corrected chi connectivity index (χ2v) is 6.27. The average Bonchev–Trinajstić information content (AvgIpc) is 3.03. The lowest BCUT2D eigenvalue weighted by Crippen LogP contribution is -2.34. The Morgan fingerprint density at radius 1 is 1.17 bits per heavy atom. The molecule has 0 aliphatic carbocycles. The van der Waals surface area contributed by atoms with E-state index in [1.807, 2.05) is 65.4 Å². The van der Waals surface area contributed by atoms with Crippen LogP contribution in [0.1, 0.15) is 18.3 Å². The number of para-hydroxylation sites is 1. The van der Waals surface area contributed by atoms with Gasteiger partial charge in [0, 0.05) is 11.9 Å². The molecule has 2 aromatic heterocycles. The molecule has 2 heterocycles. The highest BCUT2D eigenvalue weighted by molar-refractivity contribution is 7.98. The van der Waals surface area contributed by atoms with Gasteiger partial charge < -0.3 is 10.6 Å². The number of carbonyl (C=O) groups is 1. The number of nitrogens with one attached hydrogen (secondary N) is 2. The standard InChI is InChI=1S/C17H19N5OS/c1-24-12-10-14(16-21-20-15-9-5-6-11-22(15)16)19-17(23)18-13-7-3-2-4-8-13/h2-9,11,14H,10,12H2,1H3,(H2,18,19,23). The number of fused-ring (bicyclic) bond motifs is 1. The van der Waals surface area contributed by atoms with Crippen molar-refractivity contribution in [3.8, 4) is 0 Å². The summed E-state index contributed by atoms with van der Waals surface area (Å²) in [6, 6.07) is 14.7. The van der Waals surface area contributed by atoms with Gasteiger partial charge in [-0.3, -0.25) is 4.40 Å². The van der Waals surface area contributed by atoms with Crippen molar-refractivity contribution in [3.05, 3.63) is 60.6 Å². The number of anilines is 1. The Balaban J connectivity index is 1.77. The van der Waals surface area contributed by atoms with Gasteiger partial charge in [0.25, 0.3) is 0 Å². The van der Waals surface area contributed by atoms with Crippen LogP contribution in [0.3, 0.4) is 0 Å². The van der Waals surface area contributed by atoms with Crippen LogP contribution >= 0.6 is 11.8 Å². The predicted molar refractivity (Wildman–Crippen MR) is 97.3 cm³/mol. The lowest BCUT2D eigenvalue weighted by Gasteiger charge is -2.17. The normalized spacial score (nSPS) is 12.0. The molecule has 2 amide bonds. The Morgan fingerprint density at radius 3 is 2.75 bits per heavy atom. The molecule has 1 unspecified atom stereocenters. The number of urea groups is 1. The number of nitrogens with zero attached hydrogens (tertiary/aromatic N) is 3. The quantitative estimate of drug-likeness (QED) is 0.721. The summed E-state index contributed by atoms with van der Waals surface area (Å²) in [5.41, 5.74) is 1.52. The molecule has 0 aliphatic rings. The first-order chi connectivity index (χ1) is 11.8. The van der Waals surface area contributed by atoms with Crippen molar-refractivity contribution < 1.29 is 4.79 Å². The summed E-state index contributed by atoms with van der Waals surface area (Å²) in [7, 11) is 0. The number of amides is 2. The van der Waals surface area contributed by atoms with E-state index < -0.39 is 0 Å². The van der Waals surface area contributed by atoms with Crippen molar-refractivity contribution in [1.82, 2.24) is 19.9 Å². The molecule has 3 rings (SSSR count). The molecule has 124 valence electrons. The van der Waals surface area contributed by atoms with Crippen LogP contribution < -0.4 is 10.6 Å². The minimum atomic E-state index is -0.250. The number of hydrogen-bond acceptors (Lipinski definition) is 4. The molecule has 2 N–H and O–H groups in total. The van der Waals surface area contributed by atoms with Gasteiger partial charge in [0.15, 0.2) is 11.5 Å². The Morgan fingerprint density at radius 2 is 1.96 bits per heavy atom. The number of pyridine rings is 1. The van der Waals surface area contributed by atoms with Gasteiger partial charge in [-0.25, -0.2) is 4.79 Å². The highest BCUT2D eigenvalue weighted by atomic mass is 32.2. The fourth-order valence-electron chi connectivity index (χ4n) is 2.45. The van der Waals surface area contributed by atoms with Gasteiger partial charge in [-0.05, 0) is 42.7 Å². The zero-order valence-electron chi connectivity index (χ0n) is 13.3. The van der Waals surface area contributed by atoms with E-state index in [1.165, 1.54) is 0 Å². The Kier molecular flexibility index (Phi) is 5.32. The molecule has 3 aromatic rings. The van der Waals surface area contributed by atoms with Gasteiger partial charge in [-0.2, -0.15) is 11.8 Å². The molecule has 0 fully saturated rings. The van der Waals surface area contributed by atoms with Crippen LogP contribution in [-0.2, 0) is 0 Å². The molecule has 0 radical (unpaired) electrons. The number of rotatable bonds is 6. The smallest absolute Gasteiger partial charge is 0.319 e. The van der Waals surface area contributed by atoms with Crippen molar-refractivity contribution in [2.75, 3.05) is 17.3 Å². The first kappa shape index (κ1) is 16.3. The molecule has 1 aromatic carbocycles. The molecule has 0 saturated heterocycles. The Hall–Kier alpha value is -2.54. The summed E-state index contributed by atoms with van der Waals surface area (Å²) in [5.74, 6) is 1.65. The summed E-state index contributed by atoms with van der Waals surface area (Å²) in [6.45, 7) is 0. The lowest BCUT2D eigenvalue weighted by molar-refractivity contribution is 0.247. The van der Waals surface area contributed by atoms with Crippen molar-refractivity contribution in [2.45, 2.75) is 12.5 Å². The van der Waals surface area contributed by atoms with Gasteiger partial charge in [0.2, 0.25) is 0 Å². The van der Waals surface area contributed by atoms with Crippen molar-refractivity contribution in [2.24, 2.45) is 0 Å². The zero-order valence-corrected chi connectivity index (χ0v) is 14.2. The second-order valence-electron chi connectivity index (χ2n) is 5.29. The molecule has 0 bridgehead atoms. The highest BCUT2D eigenvalue weighted by Crippen LogP contribution is 2.18. The number of aromatic nitrogens is 3.